The van der Waals surface area contributed by atoms with Crippen LogP contribution in [0.2, 0.25) is 0 Å². The molecule has 21 heavy (non-hydrogen) atoms. The van der Waals surface area contributed by atoms with Crippen molar-refractivity contribution in [3.63, 3.8) is 0 Å². The Bertz CT molecular complexity index is 660. The number of anilines is 1. The number of primary amides is 1. The Balaban J connectivity index is 2.27. The van der Waals surface area contributed by atoms with Crippen LogP contribution in [0.3, 0.4) is 0 Å². The van der Waals surface area contributed by atoms with Gasteiger partial charge in [0.25, 0.3) is 0 Å². The molecule has 1 amide bonds. The molecule has 0 atom stereocenters. The molecule has 1 heterocycles. The van der Waals surface area contributed by atoms with E-state index in [1.807, 2.05) is 20.8 Å². The molecule has 0 spiro atoms. The summed E-state index contributed by atoms with van der Waals surface area (Å²) < 4.78 is 5.65. The predicted octanol–water partition coefficient (Wildman–Crippen LogP) is 2.25. The van der Waals surface area contributed by atoms with Crippen LogP contribution in [0.5, 0.6) is 11.6 Å². The fraction of sp³-hybridized carbons (Fsp3) is 0.267. The van der Waals surface area contributed by atoms with Crippen LogP contribution in [0, 0.1) is 0 Å². The molecule has 6 nitrogen and oxygen atoms in total. The highest BCUT2D eigenvalue weighted by Gasteiger charge is 2.19. The molecule has 0 radical (unpaired) electrons. The second kappa shape index (κ2) is 5.40. The summed E-state index contributed by atoms with van der Waals surface area (Å²) in [6.07, 6.45) is 0. The van der Waals surface area contributed by atoms with Crippen LogP contribution in [0.25, 0.3) is 0 Å². The first-order valence-electron chi connectivity index (χ1n) is 6.48. The lowest BCUT2D eigenvalue weighted by molar-refractivity contribution is 0.100. The van der Waals surface area contributed by atoms with Crippen molar-refractivity contribution >= 4 is 11.7 Å². The topological polar surface area (TPSA) is 104 Å². The Morgan fingerprint density at radius 3 is 2.29 bits per heavy atom. The van der Waals surface area contributed by atoms with E-state index >= 15 is 0 Å². The zero-order chi connectivity index (χ0) is 15.6. The lowest BCUT2D eigenvalue weighted by atomic mass is 9.96. The van der Waals surface area contributed by atoms with Gasteiger partial charge in [-0.25, -0.2) is 4.98 Å². The van der Waals surface area contributed by atoms with Crippen molar-refractivity contribution in [3.05, 3.63) is 41.7 Å². The number of rotatable bonds is 3. The van der Waals surface area contributed by atoms with Crippen molar-refractivity contribution in [2.75, 3.05) is 5.73 Å². The Labute approximate surface area is 123 Å². The number of amides is 1. The van der Waals surface area contributed by atoms with Gasteiger partial charge >= 0.3 is 0 Å². The van der Waals surface area contributed by atoms with Gasteiger partial charge in [0.1, 0.15) is 17.4 Å². The second-order valence-electron chi connectivity index (χ2n) is 5.70. The fourth-order valence-corrected chi connectivity index (χ4v) is 1.64. The summed E-state index contributed by atoms with van der Waals surface area (Å²) in [5.41, 5.74) is 11.2. The molecule has 6 heteroatoms. The van der Waals surface area contributed by atoms with Crippen LogP contribution in [0.4, 0.5) is 5.82 Å². The summed E-state index contributed by atoms with van der Waals surface area (Å²) in [4.78, 5) is 19.6. The molecule has 0 unspecified atom stereocenters. The zero-order valence-corrected chi connectivity index (χ0v) is 12.3. The minimum absolute atomic E-state index is 0.233. The SMILES string of the molecule is CC(C)(C)c1nc(N)cc(Oc2ccc(C(N)=O)cc2)n1. The molecule has 4 N–H and O–H groups in total. The molecule has 0 aliphatic carbocycles. The van der Waals surface area contributed by atoms with E-state index in [-0.39, 0.29) is 5.41 Å². The Morgan fingerprint density at radius 1 is 1.14 bits per heavy atom. The van der Waals surface area contributed by atoms with Crippen LogP contribution in [0.15, 0.2) is 30.3 Å². The van der Waals surface area contributed by atoms with Gasteiger partial charge < -0.3 is 16.2 Å². The van der Waals surface area contributed by atoms with Crippen molar-refractivity contribution in [1.29, 1.82) is 0 Å². The van der Waals surface area contributed by atoms with Crippen LogP contribution in [0.1, 0.15) is 37.0 Å². The molecule has 2 aromatic rings. The quantitative estimate of drug-likeness (QED) is 0.900. The largest absolute Gasteiger partial charge is 0.439 e. The highest BCUT2D eigenvalue weighted by molar-refractivity contribution is 5.92. The molecule has 1 aromatic heterocycles. The molecule has 110 valence electrons. The van der Waals surface area contributed by atoms with Gasteiger partial charge in [-0.3, -0.25) is 4.79 Å². The van der Waals surface area contributed by atoms with Gasteiger partial charge in [0.05, 0.1) is 0 Å². The van der Waals surface area contributed by atoms with Crippen LogP contribution in [-0.4, -0.2) is 15.9 Å². The third-order valence-electron chi connectivity index (χ3n) is 2.75. The van der Waals surface area contributed by atoms with E-state index in [4.69, 9.17) is 16.2 Å². The Morgan fingerprint density at radius 2 is 1.76 bits per heavy atom. The minimum Gasteiger partial charge on any atom is -0.439 e. The maximum atomic E-state index is 11.0. The van der Waals surface area contributed by atoms with Gasteiger partial charge in [0.15, 0.2) is 0 Å². The van der Waals surface area contributed by atoms with E-state index in [0.29, 0.717) is 28.8 Å². The Hall–Kier alpha value is -2.63. The number of hydrogen-bond donors (Lipinski definition) is 2. The van der Waals surface area contributed by atoms with Crippen molar-refractivity contribution < 1.29 is 9.53 Å². The van der Waals surface area contributed by atoms with E-state index in [1.165, 1.54) is 0 Å². The molecule has 0 aliphatic heterocycles. The number of nitrogens with two attached hydrogens (primary N) is 2. The molecular formula is C15H18N4O2. The van der Waals surface area contributed by atoms with E-state index in [9.17, 15) is 4.79 Å². The summed E-state index contributed by atoms with van der Waals surface area (Å²) in [6.45, 7) is 5.98. The first-order valence-corrected chi connectivity index (χ1v) is 6.48. The minimum atomic E-state index is -0.483. The van der Waals surface area contributed by atoms with Crippen LogP contribution in [-0.2, 0) is 5.41 Å². The van der Waals surface area contributed by atoms with Crippen molar-refractivity contribution in [3.8, 4) is 11.6 Å². The van der Waals surface area contributed by atoms with Gasteiger partial charge in [0.2, 0.25) is 11.8 Å². The lowest BCUT2D eigenvalue weighted by Gasteiger charge is -2.17. The van der Waals surface area contributed by atoms with Gasteiger partial charge in [-0.1, -0.05) is 20.8 Å². The highest BCUT2D eigenvalue weighted by atomic mass is 16.5. The predicted molar refractivity (Wildman–Crippen MR) is 80.2 cm³/mol. The van der Waals surface area contributed by atoms with Crippen molar-refractivity contribution in [2.45, 2.75) is 26.2 Å². The van der Waals surface area contributed by atoms with Crippen molar-refractivity contribution in [2.24, 2.45) is 5.73 Å². The molecular weight excluding hydrogens is 268 g/mol. The smallest absolute Gasteiger partial charge is 0.248 e. The van der Waals surface area contributed by atoms with Crippen LogP contribution < -0.4 is 16.2 Å². The molecule has 0 saturated heterocycles. The number of aromatic nitrogens is 2. The second-order valence-corrected chi connectivity index (χ2v) is 5.70. The first kappa shape index (κ1) is 14.8. The van der Waals surface area contributed by atoms with E-state index in [0.717, 1.165) is 0 Å². The lowest BCUT2D eigenvalue weighted by Crippen LogP contribution is -2.17. The molecule has 0 aliphatic rings. The standard InChI is InChI=1S/C15H18N4O2/c1-15(2,3)14-18-11(16)8-12(19-14)21-10-6-4-9(5-7-10)13(17)20/h4-8H,1-3H3,(H2,17,20)(H2,16,18,19). The molecule has 1 aromatic carbocycles. The monoisotopic (exact) mass is 286 g/mol. The summed E-state index contributed by atoms with van der Waals surface area (Å²) in [7, 11) is 0. The van der Waals surface area contributed by atoms with E-state index in [2.05, 4.69) is 9.97 Å². The fourth-order valence-electron chi connectivity index (χ4n) is 1.64. The van der Waals surface area contributed by atoms with Gasteiger partial charge in [0, 0.05) is 17.0 Å². The van der Waals surface area contributed by atoms with Gasteiger partial charge in [-0.15, -0.1) is 0 Å². The maximum absolute atomic E-state index is 11.0. The molecule has 0 fully saturated rings. The highest BCUT2D eigenvalue weighted by Crippen LogP contribution is 2.25. The normalized spacial score (nSPS) is 11.2. The number of nitrogen functional groups attached to an aromatic ring is 1. The summed E-state index contributed by atoms with van der Waals surface area (Å²) in [6, 6.07) is 8.03. The molecule has 2 rings (SSSR count). The summed E-state index contributed by atoms with van der Waals surface area (Å²) >= 11 is 0. The van der Waals surface area contributed by atoms with E-state index < -0.39 is 5.91 Å². The zero-order valence-electron chi connectivity index (χ0n) is 12.3. The third kappa shape index (κ3) is 3.68. The Kier molecular flexibility index (Phi) is 3.80. The third-order valence-corrected chi connectivity index (χ3v) is 2.75. The number of carbonyl (C=O) groups is 1. The number of hydrogen-bond acceptors (Lipinski definition) is 5. The number of ether oxygens (including phenoxy) is 1. The number of nitrogens with zero attached hydrogens (tertiary/aromatic N) is 2. The number of benzene rings is 1. The molecule has 0 saturated carbocycles. The average molecular weight is 286 g/mol. The molecule has 0 bridgehead atoms. The summed E-state index contributed by atoms with van der Waals surface area (Å²) in [5.74, 6) is 1.37. The van der Waals surface area contributed by atoms with Gasteiger partial charge in [-0.2, -0.15) is 4.98 Å². The summed E-state index contributed by atoms with van der Waals surface area (Å²) in [5, 5.41) is 0. The van der Waals surface area contributed by atoms with Crippen molar-refractivity contribution in [1.82, 2.24) is 9.97 Å². The average Bonchev–Trinajstić information content (AvgIpc) is 2.37. The van der Waals surface area contributed by atoms with Gasteiger partial charge in [-0.05, 0) is 24.3 Å². The first-order chi connectivity index (χ1) is 9.75. The van der Waals surface area contributed by atoms with E-state index in [1.54, 1.807) is 30.3 Å². The maximum Gasteiger partial charge on any atom is 0.248 e. The van der Waals surface area contributed by atoms with Crippen LogP contribution >= 0.6 is 0 Å². The number of carbonyl (C=O) groups excluding carboxylic acids is 1.